The number of rotatable bonds is 6. The van der Waals surface area contributed by atoms with Crippen molar-refractivity contribution < 1.29 is 14.6 Å². The molecule has 0 bridgehead atoms. The summed E-state index contributed by atoms with van der Waals surface area (Å²) in [5.41, 5.74) is 1.37. The van der Waals surface area contributed by atoms with Crippen LogP contribution in [0.4, 0.5) is 0 Å². The Hall–Kier alpha value is -1.36. The second-order valence-electron chi connectivity index (χ2n) is 3.66. The summed E-state index contributed by atoms with van der Waals surface area (Å²) in [5.74, 6) is 0.259. The SMILES string of the molecule is CCCCOC(=O)Cc1nc(C)c(CO)[nH]1. The summed E-state index contributed by atoms with van der Waals surface area (Å²) in [6.07, 6.45) is 2.01. The molecule has 0 fully saturated rings. The van der Waals surface area contributed by atoms with Gasteiger partial charge in [-0.1, -0.05) is 13.3 Å². The van der Waals surface area contributed by atoms with Crippen molar-refractivity contribution in [2.75, 3.05) is 6.61 Å². The van der Waals surface area contributed by atoms with Crippen LogP contribution in [-0.2, 0) is 22.6 Å². The Bertz CT molecular complexity index is 347. The van der Waals surface area contributed by atoms with Crippen LogP contribution < -0.4 is 0 Å². The molecule has 0 unspecified atom stereocenters. The molecular formula is C11H18N2O3. The van der Waals surface area contributed by atoms with Crippen molar-refractivity contribution in [3.8, 4) is 0 Å². The molecule has 0 saturated carbocycles. The second kappa shape index (κ2) is 6.27. The van der Waals surface area contributed by atoms with Crippen LogP contribution in [0.2, 0.25) is 0 Å². The van der Waals surface area contributed by atoms with Crippen molar-refractivity contribution in [1.82, 2.24) is 9.97 Å². The fraction of sp³-hybridized carbons (Fsp3) is 0.636. The summed E-state index contributed by atoms with van der Waals surface area (Å²) in [6.45, 7) is 4.19. The zero-order valence-corrected chi connectivity index (χ0v) is 9.75. The van der Waals surface area contributed by atoms with Gasteiger partial charge in [-0.2, -0.15) is 0 Å². The van der Waals surface area contributed by atoms with E-state index in [4.69, 9.17) is 9.84 Å². The highest BCUT2D eigenvalue weighted by molar-refractivity contribution is 5.71. The lowest BCUT2D eigenvalue weighted by atomic mass is 10.3. The summed E-state index contributed by atoms with van der Waals surface area (Å²) in [6, 6.07) is 0. The maximum Gasteiger partial charge on any atom is 0.313 e. The van der Waals surface area contributed by atoms with Crippen molar-refractivity contribution in [1.29, 1.82) is 0 Å². The fourth-order valence-corrected chi connectivity index (χ4v) is 1.32. The van der Waals surface area contributed by atoms with Gasteiger partial charge in [0.1, 0.15) is 12.2 Å². The Morgan fingerprint density at radius 1 is 1.56 bits per heavy atom. The molecule has 0 radical (unpaired) electrons. The monoisotopic (exact) mass is 226 g/mol. The highest BCUT2D eigenvalue weighted by Gasteiger charge is 2.10. The van der Waals surface area contributed by atoms with E-state index >= 15 is 0 Å². The third-order valence-corrected chi connectivity index (χ3v) is 2.27. The number of hydrogen-bond donors (Lipinski definition) is 2. The molecule has 0 aliphatic carbocycles. The number of imidazole rings is 1. The highest BCUT2D eigenvalue weighted by atomic mass is 16.5. The number of aliphatic hydroxyl groups excluding tert-OH is 1. The number of hydrogen-bond acceptors (Lipinski definition) is 4. The lowest BCUT2D eigenvalue weighted by Gasteiger charge is -2.01. The van der Waals surface area contributed by atoms with Crippen molar-refractivity contribution >= 4 is 5.97 Å². The lowest BCUT2D eigenvalue weighted by Crippen LogP contribution is -2.10. The number of aliphatic hydroxyl groups is 1. The number of carbonyl (C=O) groups excluding carboxylic acids is 1. The molecule has 90 valence electrons. The Balaban J connectivity index is 2.43. The molecule has 1 aromatic rings. The maximum atomic E-state index is 11.4. The molecule has 0 atom stereocenters. The molecular weight excluding hydrogens is 208 g/mol. The minimum Gasteiger partial charge on any atom is -0.465 e. The average molecular weight is 226 g/mol. The Kier molecular flexibility index (Phi) is 4.98. The van der Waals surface area contributed by atoms with E-state index in [-0.39, 0.29) is 19.0 Å². The van der Waals surface area contributed by atoms with Gasteiger partial charge < -0.3 is 14.8 Å². The normalized spacial score (nSPS) is 10.4. The first-order chi connectivity index (χ1) is 7.67. The molecule has 0 aliphatic rings. The number of H-pyrrole nitrogens is 1. The van der Waals surface area contributed by atoms with Gasteiger partial charge in [-0.25, -0.2) is 4.98 Å². The largest absolute Gasteiger partial charge is 0.465 e. The number of aromatic amines is 1. The van der Waals surface area contributed by atoms with Crippen molar-refractivity contribution in [3.05, 3.63) is 17.2 Å². The number of carbonyl (C=O) groups is 1. The third-order valence-electron chi connectivity index (χ3n) is 2.27. The van der Waals surface area contributed by atoms with Crippen molar-refractivity contribution in [2.24, 2.45) is 0 Å². The number of ether oxygens (including phenoxy) is 1. The first-order valence-electron chi connectivity index (χ1n) is 5.48. The first kappa shape index (κ1) is 12.7. The summed E-state index contributed by atoms with van der Waals surface area (Å²) >= 11 is 0. The van der Waals surface area contributed by atoms with Crippen LogP contribution in [-0.4, -0.2) is 27.7 Å². The number of unbranched alkanes of at least 4 members (excludes halogenated alkanes) is 1. The molecule has 0 spiro atoms. The molecule has 16 heavy (non-hydrogen) atoms. The molecule has 5 nitrogen and oxygen atoms in total. The molecule has 1 heterocycles. The quantitative estimate of drug-likeness (QED) is 0.562. The molecule has 0 saturated heterocycles. The van der Waals surface area contributed by atoms with Crippen molar-refractivity contribution in [2.45, 2.75) is 39.7 Å². The lowest BCUT2D eigenvalue weighted by molar-refractivity contribution is -0.143. The Morgan fingerprint density at radius 3 is 2.88 bits per heavy atom. The van der Waals surface area contributed by atoms with Crippen LogP contribution in [0.1, 0.15) is 37.0 Å². The van der Waals surface area contributed by atoms with E-state index in [0.29, 0.717) is 18.1 Å². The maximum absolute atomic E-state index is 11.4. The summed E-state index contributed by atoms with van der Waals surface area (Å²) in [7, 11) is 0. The van der Waals surface area contributed by atoms with Gasteiger partial charge in [-0.15, -0.1) is 0 Å². The molecule has 2 N–H and O–H groups in total. The molecule has 1 aromatic heterocycles. The van der Waals surface area contributed by atoms with E-state index in [2.05, 4.69) is 9.97 Å². The van der Waals surface area contributed by atoms with Crippen LogP contribution in [0, 0.1) is 6.92 Å². The minimum atomic E-state index is -0.285. The van der Waals surface area contributed by atoms with Crippen LogP contribution in [0.25, 0.3) is 0 Å². The van der Waals surface area contributed by atoms with Crippen LogP contribution in [0.15, 0.2) is 0 Å². The number of aromatic nitrogens is 2. The van der Waals surface area contributed by atoms with E-state index in [1.807, 2.05) is 6.92 Å². The molecule has 1 rings (SSSR count). The smallest absolute Gasteiger partial charge is 0.313 e. The minimum absolute atomic E-state index is 0.0935. The van der Waals surface area contributed by atoms with E-state index in [1.54, 1.807) is 6.92 Å². The molecule has 0 amide bonds. The van der Waals surface area contributed by atoms with Gasteiger partial charge >= 0.3 is 5.97 Å². The van der Waals surface area contributed by atoms with Gasteiger partial charge in [0.05, 0.1) is 24.6 Å². The fourth-order valence-electron chi connectivity index (χ4n) is 1.32. The molecule has 0 aromatic carbocycles. The van der Waals surface area contributed by atoms with Gasteiger partial charge in [-0.3, -0.25) is 4.79 Å². The number of nitrogens with zero attached hydrogens (tertiary/aromatic N) is 1. The zero-order valence-electron chi connectivity index (χ0n) is 9.75. The van der Waals surface area contributed by atoms with E-state index in [1.165, 1.54) is 0 Å². The third kappa shape index (κ3) is 3.66. The molecule has 0 aliphatic heterocycles. The first-order valence-corrected chi connectivity index (χ1v) is 5.48. The van der Waals surface area contributed by atoms with Crippen LogP contribution >= 0.6 is 0 Å². The standard InChI is InChI=1S/C11H18N2O3/c1-3-4-5-16-11(15)6-10-12-8(2)9(7-14)13-10/h14H,3-7H2,1-2H3,(H,12,13). The number of nitrogens with one attached hydrogen (secondary N) is 1. The topological polar surface area (TPSA) is 75.2 Å². The van der Waals surface area contributed by atoms with Crippen molar-refractivity contribution in [3.63, 3.8) is 0 Å². The predicted octanol–water partition coefficient (Wildman–Crippen LogP) is 1.10. The van der Waals surface area contributed by atoms with Gasteiger partial charge in [0.25, 0.3) is 0 Å². The zero-order chi connectivity index (χ0) is 12.0. The Morgan fingerprint density at radius 2 is 2.31 bits per heavy atom. The van der Waals surface area contributed by atoms with Gasteiger partial charge in [0, 0.05) is 0 Å². The van der Waals surface area contributed by atoms with Gasteiger partial charge in [-0.05, 0) is 13.3 Å². The van der Waals surface area contributed by atoms with E-state index in [0.717, 1.165) is 18.5 Å². The summed E-state index contributed by atoms with van der Waals surface area (Å²) < 4.78 is 5.01. The Labute approximate surface area is 94.8 Å². The molecule has 5 heteroatoms. The highest BCUT2D eigenvalue weighted by Crippen LogP contribution is 2.05. The number of esters is 1. The van der Waals surface area contributed by atoms with E-state index < -0.39 is 0 Å². The van der Waals surface area contributed by atoms with E-state index in [9.17, 15) is 4.79 Å². The second-order valence-corrected chi connectivity index (χ2v) is 3.66. The summed E-state index contributed by atoms with van der Waals surface area (Å²) in [4.78, 5) is 18.4. The van der Waals surface area contributed by atoms with Crippen LogP contribution in [0.3, 0.4) is 0 Å². The average Bonchev–Trinajstić information content (AvgIpc) is 2.59. The summed E-state index contributed by atoms with van der Waals surface area (Å²) in [5, 5.41) is 8.95. The van der Waals surface area contributed by atoms with Crippen LogP contribution in [0.5, 0.6) is 0 Å². The predicted molar refractivity (Wildman–Crippen MR) is 58.8 cm³/mol. The van der Waals surface area contributed by atoms with Gasteiger partial charge in [0.2, 0.25) is 0 Å². The van der Waals surface area contributed by atoms with Gasteiger partial charge in [0.15, 0.2) is 0 Å². The number of aryl methyl sites for hydroxylation is 1.